The van der Waals surface area contributed by atoms with Crippen LogP contribution >= 0.6 is 11.6 Å². The first-order valence-corrected chi connectivity index (χ1v) is 12.5. The second kappa shape index (κ2) is 9.98. The lowest BCUT2D eigenvalue weighted by Crippen LogP contribution is -2.41. The van der Waals surface area contributed by atoms with Gasteiger partial charge in [-0.05, 0) is 75.6 Å². The number of rotatable bonds is 7. The molecule has 3 aromatic carbocycles. The van der Waals surface area contributed by atoms with Crippen molar-refractivity contribution in [2.24, 2.45) is 0 Å². The van der Waals surface area contributed by atoms with E-state index >= 15 is 0 Å². The summed E-state index contributed by atoms with van der Waals surface area (Å²) < 4.78 is 28.2. The minimum atomic E-state index is -4.00. The van der Waals surface area contributed by atoms with E-state index in [9.17, 15) is 13.2 Å². The minimum absolute atomic E-state index is 0.111. The van der Waals surface area contributed by atoms with Gasteiger partial charge in [0.1, 0.15) is 6.54 Å². The molecule has 1 N–H and O–H groups in total. The highest BCUT2D eigenvalue weighted by atomic mass is 35.5. The van der Waals surface area contributed by atoms with E-state index in [1.165, 1.54) is 0 Å². The van der Waals surface area contributed by atoms with Gasteiger partial charge in [-0.15, -0.1) is 0 Å². The van der Waals surface area contributed by atoms with E-state index in [0.717, 1.165) is 32.1 Å². The van der Waals surface area contributed by atoms with Crippen molar-refractivity contribution in [3.63, 3.8) is 0 Å². The smallest absolute Gasteiger partial charge is 0.264 e. The van der Waals surface area contributed by atoms with Crippen molar-refractivity contribution in [3.8, 4) is 0 Å². The molecule has 1 atom stereocenters. The molecule has 3 rings (SSSR count). The normalized spacial score (nSPS) is 12.3. The van der Waals surface area contributed by atoms with Crippen LogP contribution in [0, 0.1) is 27.7 Å². The lowest BCUT2D eigenvalue weighted by atomic mass is 10.0. The third-order valence-electron chi connectivity index (χ3n) is 5.61. The van der Waals surface area contributed by atoms with Crippen LogP contribution in [-0.4, -0.2) is 20.9 Å². The predicted octanol–water partition coefficient (Wildman–Crippen LogP) is 5.65. The number of sulfonamides is 1. The van der Waals surface area contributed by atoms with E-state index in [2.05, 4.69) is 11.4 Å². The van der Waals surface area contributed by atoms with Gasteiger partial charge < -0.3 is 5.32 Å². The Hall–Kier alpha value is -2.83. The largest absolute Gasteiger partial charge is 0.348 e. The van der Waals surface area contributed by atoms with Gasteiger partial charge in [-0.2, -0.15) is 0 Å². The van der Waals surface area contributed by atoms with Crippen molar-refractivity contribution in [1.29, 1.82) is 0 Å². The van der Waals surface area contributed by atoms with Crippen LogP contribution < -0.4 is 9.62 Å². The van der Waals surface area contributed by atoms with E-state index in [-0.39, 0.29) is 17.5 Å². The fourth-order valence-corrected chi connectivity index (χ4v) is 5.28. The number of aryl methyl sites for hydroxylation is 4. The van der Waals surface area contributed by atoms with Crippen LogP contribution in [-0.2, 0) is 14.8 Å². The molecule has 0 fully saturated rings. The van der Waals surface area contributed by atoms with Gasteiger partial charge in [0, 0.05) is 5.02 Å². The summed E-state index contributed by atoms with van der Waals surface area (Å²) >= 11 is 6.28. The number of nitrogens with zero attached hydrogens (tertiary/aromatic N) is 1. The van der Waals surface area contributed by atoms with Gasteiger partial charge in [-0.25, -0.2) is 8.42 Å². The molecule has 33 heavy (non-hydrogen) atoms. The van der Waals surface area contributed by atoms with E-state index < -0.39 is 15.9 Å². The monoisotopic (exact) mass is 484 g/mol. The van der Waals surface area contributed by atoms with Crippen molar-refractivity contribution in [3.05, 3.63) is 93.5 Å². The highest BCUT2D eigenvalue weighted by Gasteiger charge is 2.28. The molecular weight excluding hydrogens is 456 g/mol. The average molecular weight is 485 g/mol. The summed E-state index contributed by atoms with van der Waals surface area (Å²) in [5.41, 5.74) is 5.29. The molecule has 0 bridgehead atoms. The molecule has 0 saturated heterocycles. The molecule has 5 nitrogen and oxygen atoms in total. The standard InChI is InChI=1S/C26H29ClN2O3S/c1-17-6-11-23(12-7-17)33(31,32)29(22-10-9-19(3)25(27)15-22)16-26(30)28-21(5)24-13-8-18(2)14-20(24)4/h6-15,21H,16H2,1-5H3,(H,28,30)/t21-/m0/s1. The quantitative estimate of drug-likeness (QED) is 0.471. The van der Waals surface area contributed by atoms with Crippen molar-refractivity contribution in [2.45, 2.75) is 45.6 Å². The van der Waals surface area contributed by atoms with Gasteiger partial charge in [0.2, 0.25) is 5.91 Å². The second-order valence-electron chi connectivity index (χ2n) is 8.41. The first-order valence-electron chi connectivity index (χ1n) is 10.7. The molecule has 7 heteroatoms. The maximum Gasteiger partial charge on any atom is 0.264 e. The third kappa shape index (κ3) is 5.75. The summed E-state index contributed by atoms with van der Waals surface area (Å²) in [6.45, 7) is 9.25. The Morgan fingerprint density at radius 2 is 1.55 bits per heavy atom. The van der Waals surface area contributed by atoms with E-state index in [1.807, 2.05) is 46.8 Å². The molecule has 0 saturated carbocycles. The first-order chi connectivity index (χ1) is 15.5. The number of benzene rings is 3. The lowest BCUT2D eigenvalue weighted by Gasteiger charge is -2.26. The number of carbonyl (C=O) groups is 1. The fraction of sp³-hybridized carbons (Fsp3) is 0.269. The van der Waals surface area contributed by atoms with E-state index in [0.29, 0.717) is 10.7 Å². The van der Waals surface area contributed by atoms with E-state index in [4.69, 9.17) is 11.6 Å². The van der Waals surface area contributed by atoms with Crippen LogP contribution in [0.15, 0.2) is 65.6 Å². The zero-order valence-corrected chi connectivity index (χ0v) is 21.1. The summed E-state index contributed by atoms with van der Waals surface area (Å²) in [6.07, 6.45) is 0. The number of carbonyl (C=O) groups excluding carboxylic acids is 1. The van der Waals surface area contributed by atoms with Crippen molar-refractivity contribution < 1.29 is 13.2 Å². The zero-order chi connectivity index (χ0) is 24.3. The molecule has 3 aromatic rings. The summed E-state index contributed by atoms with van der Waals surface area (Å²) in [5, 5.41) is 3.37. The number of halogens is 1. The fourth-order valence-electron chi connectivity index (χ4n) is 3.70. The van der Waals surface area contributed by atoms with Gasteiger partial charge in [-0.3, -0.25) is 9.10 Å². The molecule has 0 spiro atoms. The van der Waals surface area contributed by atoms with Gasteiger partial charge in [-0.1, -0.05) is 59.1 Å². The molecule has 0 aliphatic heterocycles. The van der Waals surface area contributed by atoms with Gasteiger partial charge >= 0.3 is 0 Å². The topological polar surface area (TPSA) is 66.5 Å². The van der Waals surface area contributed by atoms with E-state index in [1.54, 1.807) is 42.5 Å². The Morgan fingerprint density at radius 1 is 0.909 bits per heavy atom. The summed E-state index contributed by atoms with van der Waals surface area (Å²) in [5.74, 6) is -0.408. The van der Waals surface area contributed by atoms with Crippen molar-refractivity contribution in [2.75, 3.05) is 10.8 Å². The van der Waals surface area contributed by atoms with Crippen LogP contribution in [0.25, 0.3) is 0 Å². The first kappa shape index (κ1) is 24.8. The Balaban J connectivity index is 1.93. The Morgan fingerprint density at radius 3 is 2.15 bits per heavy atom. The number of nitrogens with one attached hydrogen (secondary N) is 1. The highest BCUT2D eigenvalue weighted by Crippen LogP contribution is 2.28. The SMILES string of the molecule is Cc1ccc(S(=O)(=O)N(CC(=O)N[C@@H](C)c2ccc(C)cc2C)c2ccc(C)c(Cl)c2)cc1. The molecule has 0 unspecified atom stereocenters. The number of hydrogen-bond donors (Lipinski definition) is 1. The predicted molar refractivity (Wildman–Crippen MR) is 134 cm³/mol. The Bertz CT molecular complexity index is 1270. The summed E-state index contributed by atoms with van der Waals surface area (Å²) in [6, 6.07) is 17.3. The van der Waals surface area contributed by atoms with Gasteiger partial charge in [0.25, 0.3) is 10.0 Å². The lowest BCUT2D eigenvalue weighted by molar-refractivity contribution is -0.120. The second-order valence-corrected chi connectivity index (χ2v) is 10.7. The Labute approximate surface area is 201 Å². The maximum absolute atomic E-state index is 13.5. The van der Waals surface area contributed by atoms with Crippen LogP contribution in [0.2, 0.25) is 5.02 Å². The van der Waals surface area contributed by atoms with Crippen LogP contribution in [0.4, 0.5) is 5.69 Å². The Kier molecular flexibility index (Phi) is 7.50. The molecular formula is C26H29ClN2O3S. The third-order valence-corrected chi connectivity index (χ3v) is 7.80. The summed E-state index contributed by atoms with van der Waals surface area (Å²) in [7, 11) is -4.00. The molecule has 174 valence electrons. The summed E-state index contributed by atoms with van der Waals surface area (Å²) in [4.78, 5) is 13.1. The number of amides is 1. The maximum atomic E-state index is 13.5. The molecule has 0 aliphatic carbocycles. The van der Waals surface area contributed by atoms with Crippen molar-refractivity contribution in [1.82, 2.24) is 5.32 Å². The molecule has 0 heterocycles. The average Bonchev–Trinajstić information content (AvgIpc) is 2.74. The van der Waals surface area contributed by atoms with Crippen LogP contribution in [0.3, 0.4) is 0 Å². The van der Waals surface area contributed by atoms with Crippen molar-refractivity contribution >= 4 is 33.2 Å². The molecule has 0 aliphatic rings. The molecule has 1 amide bonds. The zero-order valence-electron chi connectivity index (χ0n) is 19.5. The number of hydrogen-bond acceptors (Lipinski definition) is 3. The van der Waals surface area contributed by atoms with Gasteiger partial charge in [0.05, 0.1) is 16.6 Å². The molecule has 0 radical (unpaired) electrons. The molecule has 0 aromatic heterocycles. The highest BCUT2D eigenvalue weighted by molar-refractivity contribution is 7.92. The van der Waals surface area contributed by atoms with Crippen LogP contribution in [0.5, 0.6) is 0 Å². The minimum Gasteiger partial charge on any atom is -0.348 e. The van der Waals surface area contributed by atoms with Crippen LogP contribution in [0.1, 0.15) is 40.8 Å². The number of anilines is 1. The van der Waals surface area contributed by atoms with Gasteiger partial charge in [0.15, 0.2) is 0 Å².